The summed E-state index contributed by atoms with van der Waals surface area (Å²) in [6, 6.07) is -3.79. The van der Waals surface area contributed by atoms with Crippen molar-refractivity contribution >= 4 is 44.6 Å². The number of carbonyl (C=O) groups is 4. The van der Waals surface area contributed by atoms with E-state index >= 15 is 13.6 Å². The summed E-state index contributed by atoms with van der Waals surface area (Å²) in [6.07, 6.45) is 4.82. The maximum Gasteiger partial charge on any atom is 0.408 e. The van der Waals surface area contributed by atoms with Gasteiger partial charge in [0.05, 0.1) is 18.5 Å². The summed E-state index contributed by atoms with van der Waals surface area (Å²) in [5, 5.41) is 14.2. The zero-order valence-corrected chi connectivity index (χ0v) is 36.6. The normalized spacial score (nSPS) is 31.7. The molecule has 1 unspecified atom stereocenters. The van der Waals surface area contributed by atoms with Crippen LogP contribution >= 0.6 is 0 Å². The summed E-state index contributed by atoms with van der Waals surface area (Å²) in [6.45, 7) is 9.78. The number of nitrogens with one attached hydrogen (secondary N) is 2. The smallest absolute Gasteiger partial charge is 0.408 e. The lowest BCUT2D eigenvalue weighted by Gasteiger charge is -2.42. The molecule has 334 valence electrons. The van der Waals surface area contributed by atoms with Crippen molar-refractivity contribution in [3.8, 4) is 17.5 Å². The number of allylic oxidation sites excluding steroid dienone is 1. The molecule has 1 aromatic carbocycles. The van der Waals surface area contributed by atoms with Gasteiger partial charge in [-0.05, 0) is 114 Å². The number of aromatic nitrogens is 1. The molecule has 3 fully saturated rings. The molecule has 3 aliphatic heterocycles. The number of carboxylic acid groups (broad SMARTS) is 1. The van der Waals surface area contributed by atoms with Crippen LogP contribution in [0.5, 0.6) is 17.5 Å². The van der Waals surface area contributed by atoms with E-state index in [-0.39, 0.29) is 41.8 Å². The number of rotatable bonds is 9. The second-order valence-corrected chi connectivity index (χ2v) is 20.4. The first-order valence-electron chi connectivity index (χ1n) is 21.2. The fraction of sp³-hybridized carbons (Fsp3) is 0.651. The molecule has 5 aliphatic rings. The van der Waals surface area contributed by atoms with Crippen molar-refractivity contribution < 1.29 is 55.7 Å². The van der Waals surface area contributed by atoms with Crippen LogP contribution in [0.1, 0.15) is 105 Å². The highest BCUT2D eigenvalue weighted by molar-refractivity contribution is 7.91. The van der Waals surface area contributed by atoms with Crippen molar-refractivity contribution in [3.63, 3.8) is 0 Å². The van der Waals surface area contributed by atoms with Gasteiger partial charge in [0, 0.05) is 29.3 Å². The van der Waals surface area contributed by atoms with Gasteiger partial charge < -0.3 is 24.6 Å². The summed E-state index contributed by atoms with van der Waals surface area (Å²) in [5.41, 5.74) is -3.78. The molecule has 3 N–H and O–H groups in total. The van der Waals surface area contributed by atoms with E-state index in [0.717, 1.165) is 17.4 Å². The summed E-state index contributed by atoms with van der Waals surface area (Å²) in [4.78, 5) is 62.7. The Morgan fingerprint density at radius 2 is 1.89 bits per heavy atom. The number of hydrogen-bond acceptors (Lipinski definition) is 10. The molecule has 15 nitrogen and oxygen atoms in total. The van der Waals surface area contributed by atoms with E-state index in [4.69, 9.17) is 14.2 Å². The molecular formula is C43H57F2N5O10S. The van der Waals surface area contributed by atoms with Crippen LogP contribution < -0.4 is 24.2 Å². The van der Waals surface area contributed by atoms with E-state index in [1.165, 1.54) is 14.0 Å². The van der Waals surface area contributed by atoms with Gasteiger partial charge in [0.1, 0.15) is 23.4 Å². The maximum atomic E-state index is 17.9. The Morgan fingerprint density at radius 1 is 1.16 bits per heavy atom. The summed E-state index contributed by atoms with van der Waals surface area (Å²) < 4.78 is 80.9. The van der Waals surface area contributed by atoms with Crippen molar-refractivity contribution in [2.45, 2.75) is 146 Å². The number of pyridine rings is 1. The van der Waals surface area contributed by atoms with Gasteiger partial charge in [-0.15, -0.1) is 0 Å². The largest absolute Gasteiger partial charge is 0.497 e. The highest BCUT2D eigenvalue weighted by Crippen LogP contribution is 2.52. The van der Waals surface area contributed by atoms with Crippen LogP contribution in [0, 0.1) is 17.8 Å². The van der Waals surface area contributed by atoms with Crippen LogP contribution in [-0.2, 0) is 30.8 Å². The van der Waals surface area contributed by atoms with Crippen molar-refractivity contribution in [2.24, 2.45) is 17.8 Å². The quantitative estimate of drug-likeness (QED) is 0.200. The van der Waals surface area contributed by atoms with E-state index in [0.29, 0.717) is 61.7 Å². The first kappa shape index (κ1) is 44.3. The number of aryl methyl sites for hydroxylation is 1. The minimum absolute atomic E-state index is 0.0251. The molecule has 0 spiro atoms. The number of halogens is 2. The molecule has 0 radical (unpaired) electrons. The standard InChI is InChI=1S/C43H57F2N5O10S/c1-8-26(4)49(39(54)55)33-25(3)20-24(2)12-9-10-13-27-22-42(27,38(53)48-61(56,57)40(5)17-18-40)47-34(51)32-23-41(6,43(44,45)50(32)37(33)52)60-36-30-16-15-28(58-7)21-31(30)29-14-11-19-59-35(29)46-36/h10,13,15-16,21,24-27,32-33H,8-9,11-12,14,17-20,22-23H2,1-7H3,(H,47,51)(H,48,53)(H,54,55)/b13-10-/t24-,25-,26?,27-,32+,33+,41-,42-/m1/s1. The van der Waals surface area contributed by atoms with Crippen LogP contribution in [0.3, 0.4) is 0 Å². The second-order valence-electron chi connectivity index (χ2n) is 18.2. The number of amides is 4. The van der Waals surface area contributed by atoms with Crippen molar-refractivity contribution in [3.05, 3.63) is 35.9 Å². The molecule has 0 bridgehead atoms. The number of fused-ring (bicyclic) bond motifs is 5. The molecule has 7 rings (SSSR count). The zero-order chi connectivity index (χ0) is 44.4. The Labute approximate surface area is 355 Å². The van der Waals surface area contributed by atoms with Crippen molar-refractivity contribution in [1.29, 1.82) is 0 Å². The summed E-state index contributed by atoms with van der Waals surface area (Å²) in [7, 11) is -2.68. The summed E-state index contributed by atoms with van der Waals surface area (Å²) >= 11 is 0. The number of benzene rings is 1. The number of alkyl halides is 2. The Kier molecular flexibility index (Phi) is 11.5. The molecule has 1 saturated heterocycles. The molecule has 8 atom stereocenters. The lowest BCUT2D eigenvalue weighted by molar-refractivity contribution is -0.219. The zero-order valence-electron chi connectivity index (χ0n) is 35.8. The van der Waals surface area contributed by atoms with E-state index in [9.17, 15) is 27.9 Å². The first-order valence-corrected chi connectivity index (χ1v) is 22.7. The van der Waals surface area contributed by atoms with Gasteiger partial charge in [0.15, 0.2) is 5.60 Å². The number of methoxy groups -OCH3 is 1. The fourth-order valence-electron chi connectivity index (χ4n) is 9.28. The molecule has 2 aromatic rings. The molecule has 1 aromatic heterocycles. The average molecular weight is 874 g/mol. The first-order chi connectivity index (χ1) is 28.6. The maximum absolute atomic E-state index is 17.9. The summed E-state index contributed by atoms with van der Waals surface area (Å²) in [5.74, 6) is -4.62. The Hall–Kier alpha value is -4.74. The van der Waals surface area contributed by atoms with Crippen molar-refractivity contribution in [1.82, 2.24) is 24.8 Å². The third-order valence-electron chi connectivity index (χ3n) is 13.7. The number of hydrogen-bond donors (Lipinski definition) is 3. The number of ether oxygens (including phenoxy) is 3. The van der Waals surface area contributed by atoms with Crippen LogP contribution in [0.15, 0.2) is 30.4 Å². The van der Waals surface area contributed by atoms with E-state index in [2.05, 4.69) is 15.0 Å². The molecular weight excluding hydrogens is 817 g/mol. The van der Waals surface area contributed by atoms with Crippen LogP contribution in [0.25, 0.3) is 10.8 Å². The number of nitrogens with zero attached hydrogens (tertiary/aromatic N) is 3. The SMILES string of the molecule is CCC(C)N(C(=O)O)[C@@H]1C(=O)N2[C@@H](C[C@@](C)(Oc3nc4c(c5cc(OC)ccc35)CCCO4)C2(F)F)C(=O)N[C@]2(C(=O)NS(=O)(=O)C3(C)CC3)C[C@H]2/C=C\CC[C@@H](C)C[C@H]1C. The Bertz CT molecular complexity index is 2250. The third kappa shape index (κ3) is 7.75. The Balaban J connectivity index is 1.36. The van der Waals surface area contributed by atoms with Gasteiger partial charge in [-0.1, -0.05) is 32.9 Å². The van der Waals surface area contributed by atoms with Gasteiger partial charge >= 0.3 is 12.1 Å². The molecule has 2 aliphatic carbocycles. The van der Waals surface area contributed by atoms with E-state index in [1.54, 1.807) is 45.0 Å². The minimum atomic E-state index is -4.30. The van der Waals surface area contributed by atoms with Gasteiger partial charge in [0.2, 0.25) is 27.7 Å². The molecule has 18 heteroatoms. The van der Waals surface area contributed by atoms with Crippen LogP contribution in [0.4, 0.5) is 13.6 Å². The molecule has 4 amide bonds. The predicted octanol–water partition coefficient (Wildman–Crippen LogP) is 5.93. The van der Waals surface area contributed by atoms with Crippen LogP contribution in [0.2, 0.25) is 0 Å². The lowest BCUT2D eigenvalue weighted by atomic mass is 9.86. The molecule has 4 heterocycles. The third-order valence-corrected chi connectivity index (χ3v) is 15.9. The highest BCUT2D eigenvalue weighted by atomic mass is 32.2. The second kappa shape index (κ2) is 15.9. The van der Waals surface area contributed by atoms with Gasteiger partial charge in [-0.2, -0.15) is 13.8 Å². The Morgan fingerprint density at radius 3 is 2.54 bits per heavy atom. The van der Waals surface area contributed by atoms with Gasteiger partial charge in [-0.25, -0.2) is 13.2 Å². The molecule has 61 heavy (non-hydrogen) atoms. The number of carbonyl (C=O) groups excluding carboxylic acids is 3. The van der Waals surface area contributed by atoms with Gasteiger partial charge in [0.25, 0.3) is 11.8 Å². The highest BCUT2D eigenvalue weighted by Gasteiger charge is 2.71. The fourth-order valence-corrected chi connectivity index (χ4v) is 10.6. The monoisotopic (exact) mass is 873 g/mol. The van der Waals surface area contributed by atoms with Gasteiger partial charge in [-0.3, -0.25) is 28.9 Å². The average Bonchev–Trinajstić information content (AvgIpc) is 4.11. The van der Waals surface area contributed by atoms with E-state index < -0.39 is 92.2 Å². The van der Waals surface area contributed by atoms with Crippen LogP contribution in [-0.4, -0.2) is 106 Å². The molecule has 2 saturated carbocycles. The lowest BCUT2D eigenvalue weighted by Crippen LogP contribution is -2.64. The topological polar surface area (TPSA) is 194 Å². The van der Waals surface area contributed by atoms with Crippen molar-refractivity contribution in [2.75, 3.05) is 13.7 Å². The van der Waals surface area contributed by atoms with E-state index in [1.807, 2.05) is 13.0 Å². The predicted molar refractivity (Wildman–Crippen MR) is 220 cm³/mol. The number of sulfonamides is 1. The minimum Gasteiger partial charge on any atom is -0.497 e.